The molecule has 0 saturated carbocycles. The first-order valence-electron chi connectivity index (χ1n) is 6.47. The van der Waals surface area contributed by atoms with Crippen molar-refractivity contribution in [2.45, 2.75) is 26.3 Å². The van der Waals surface area contributed by atoms with Gasteiger partial charge in [-0.25, -0.2) is 4.98 Å². The second-order valence-electron chi connectivity index (χ2n) is 4.48. The first kappa shape index (κ1) is 15.1. The first-order chi connectivity index (χ1) is 9.17. The standard InChI is InChI=1S/C14H18ClIN2O/c1-3-19-9-10(2)18-13-5-4-11(16)8-12(13)17-14(18)6-7-15/h4-5,8,10H,3,6-7,9H2,1-2H3. The molecule has 1 unspecified atom stereocenters. The largest absolute Gasteiger partial charge is 0.380 e. The van der Waals surface area contributed by atoms with Crippen LogP contribution in [-0.4, -0.2) is 28.6 Å². The van der Waals surface area contributed by atoms with Gasteiger partial charge in [0.15, 0.2) is 0 Å². The Hall–Kier alpha value is -0.330. The number of aromatic nitrogens is 2. The van der Waals surface area contributed by atoms with Crippen molar-refractivity contribution in [1.82, 2.24) is 9.55 Å². The number of nitrogens with zero attached hydrogens (tertiary/aromatic N) is 2. The van der Waals surface area contributed by atoms with Crippen molar-refractivity contribution < 1.29 is 4.74 Å². The van der Waals surface area contributed by atoms with Crippen LogP contribution in [0.2, 0.25) is 0 Å². The lowest BCUT2D eigenvalue weighted by Gasteiger charge is -2.17. The van der Waals surface area contributed by atoms with Gasteiger partial charge in [0.05, 0.1) is 23.7 Å². The summed E-state index contributed by atoms with van der Waals surface area (Å²) in [6.07, 6.45) is 0.781. The van der Waals surface area contributed by atoms with Crippen LogP contribution in [0.3, 0.4) is 0 Å². The predicted octanol–water partition coefficient (Wildman–Crippen LogP) is 4.02. The molecule has 0 N–H and O–H groups in total. The molecular weight excluding hydrogens is 375 g/mol. The van der Waals surface area contributed by atoms with E-state index in [1.54, 1.807) is 0 Å². The zero-order chi connectivity index (χ0) is 13.8. The maximum absolute atomic E-state index is 5.89. The smallest absolute Gasteiger partial charge is 0.111 e. The Morgan fingerprint density at radius 2 is 2.26 bits per heavy atom. The number of alkyl halides is 1. The van der Waals surface area contributed by atoms with Gasteiger partial charge in [0.1, 0.15) is 5.82 Å². The van der Waals surface area contributed by atoms with Gasteiger partial charge in [-0.3, -0.25) is 0 Å². The van der Waals surface area contributed by atoms with Crippen molar-refractivity contribution in [3.05, 3.63) is 27.6 Å². The van der Waals surface area contributed by atoms with Crippen LogP contribution < -0.4 is 0 Å². The quantitative estimate of drug-likeness (QED) is 0.548. The Kier molecular flexibility index (Phi) is 5.47. The Bertz CT molecular complexity index is 556. The molecule has 0 aliphatic heterocycles. The Morgan fingerprint density at radius 3 is 2.95 bits per heavy atom. The third kappa shape index (κ3) is 3.41. The van der Waals surface area contributed by atoms with Crippen LogP contribution in [0.1, 0.15) is 25.7 Å². The summed E-state index contributed by atoms with van der Waals surface area (Å²) in [6, 6.07) is 6.61. The second-order valence-corrected chi connectivity index (χ2v) is 6.10. The van der Waals surface area contributed by atoms with Crippen LogP contribution in [-0.2, 0) is 11.2 Å². The highest BCUT2D eigenvalue weighted by molar-refractivity contribution is 14.1. The molecule has 2 aromatic rings. The third-order valence-corrected chi connectivity index (χ3v) is 3.91. The summed E-state index contributed by atoms with van der Waals surface area (Å²) in [4.78, 5) is 4.71. The highest BCUT2D eigenvalue weighted by atomic mass is 127. The molecule has 1 aromatic carbocycles. The molecule has 1 aromatic heterocycles. The molecule has 0 radical (unpaired) electrons. The van der Waals surface area contributed by atoms with E-state index in [-0.39, 0.29) is 6.04 Å². The number of ether oxygens (including phenoxy) is 1. The number of benzene rings is 1. The molecule has 0 amide bonds. The molecule has 0 spiro atoms. The molecule has 2 rings (SSSR count). The summed E-state index contributed by atoms with van der Waals surface area (Å²) in [5, 5.41) is 0. The van der Waals surface area contributed by atoms with E-state index >= 15 is 0 Å². The fourth-order valence-corrected chi connectivity index (χ4v) is 2.88. The highest BCUT2D eigenvalue weighted by Crippen LogP contribution is 2.23. The topological polar surface area (TPSA) is 27.1 Å². The van der Waals surface area contributed by atoms with E-state index in [1.165, 1.54) is 3.57 Å². The minimum Gasteiger partial charge on any atom is -0.380 e. The van der Waals surface area contributed by atoms with Crippen LogP contribution >= 0.6 is 34.2 Å². The van der Waals surface area contributed by atoms with E-state index in [9.17, 15) is 0 Å². The summed E-state index contributed by atoms with van der Waals surface area (Å²) in [5.41, 5.74) is 2.20. The third-order valence-electron chi connectivity index (χ3n) is 3.05. The fraction of sp³-hybridized carbons (Fsp3) is 0.500. The normalized spacial score (nSPS) is 13.1. The molecule has 0 saturated heterocycles. The molecule has 1 heterocycles. The average molecular weight is 393 g/mol. The summed E-state index contributed by atoms with van der Waals surface area (Å²) in [7, 11) is 0. The lowest BCUT2D eigenvalue weighted by Crippen LogP contribution is -2.15. The second kappa shape index (κ2) is 6.90. The number of halogens is 2. The number of aryl methyl sites for hydroxylation is 1. The van der Waals surface area contributed by atoms with Crippen molar-refractivity contribution in [2.75, 3.05) is 19.1 Å². The fourth-order valence-electron chi connectivity index (χ4n) is 2.24. The van der Waals surface area contributed by atoms with Gasteiger partial charge in [-0.15, -0.1) is 11.6 Å². The molecular formula is C14H18ClIN2O. The van der Waals surface area contributed by atoms with Crippen molar-refractivity contribution in [3.8, 4) is 0 Å². The number of fused-ring (bicyclic) bond motifs is 1. The first-order valence-corrected chi connectivity index (χ1v) is 8.08. The van der Waals surface area contributed by atoms with Crippen LogP contribution in [0.15, 0.2) is 18.2 Å². The van der Waals surface area contributed by atoms with Crippen molar-refractivity contribution in [2.24, 2.45) is 0 Å². The lowest BCUT2D eigenvalue weighted by atomic mass is 10.2. The molecule has 5 heteroatoms. The molecule has 3 nitrogen and oxygen atoms in total. The minimum absolute atomic E-state index is 0.267. The zero-order valence-corrected chi connectivity index (χ0v) is 14.1. The van der Waals surface area contributed by atoms with E-state index in [2.05, 4.69) is 52.3 Å². The SMILES string of the molecule is CCOCC(C)n1c(CCCl)nc2cc(I)ccc21. The van der Waals surface area contributed by atoms with Gasteiger partial charge >= 0.3 is 0 Å². The van der Waals surface area contributed by atoms with Crippen molar-refractivity contribution in [3.63, 3.8) is 0 Å². The molecule has 0 aliphatic rings. The lowest BCUT2D eigenvalue weighted by molar-refractivity contribution is 0.119. The van der Waals surface area contributed by atoms with Gasteiger partial charge in [-0.05, 0) is 54.6 Å². The predicted molar refractivity (Wildman–Crippen MR) is 88.1 cm³/mol. The van der Waals surface area contributed by atoms with Crippen molar-refractivity contribution >= 4 is 45.2 Å². The van der Waals surface area contributed by atoms with E-state index in [1.807, 2.05) is 6.92 Å². The summed E-state index contributed by atoms with van der Waals surface area (Å²) < 4.78 is 8.99. The molecule has 0 bridgehead atoms. The summed E-state index contributed by atoms with van der Waals surface area (Å²) in [5.74, 6) is 1.63. The Balaban J connectivity index is 2.45. The van der Waals surface area contributed by atoms with E-state index in [4.69, 9.17) is 21.3 Å². The van der Waals surface area contributed by atoms with E-state index in [0.29, 0.717) is 12.5 Å². The van der Waals surface area contributed by atoms with Crippen LogP contribution in [0.25, 0.3) is 11.0 Å². The average Bonchev–Trinajstić information content (AvgIpc) is 2.73. The Labute approximate surface area is 132 Å². The summed E-state index contributed by atoms with van der Waals surface area (Å²) in [6.45, 7) is 5.61. The van der Waals surface area contributed by atoms with E-state index in [0.717, 1.165) is 29.9 Å². The highest BCUT2D eigenvalue weighted by Gasteiger charge is 2.15. The molecule has 104 valence electrons. The van der Waals surface area contributed by atoms with Crippen LogP contribution in [0, 0.1) is 3.57 Å². The van der Waals surface area contributed by atoms with Gasteiger partial charge in [0.2, 0.25) is 0 Å². The molecule has 0 fully saturated rings. The maximum atomic E-state index is 5.89. The van der Waals surface area contributed by atoms with Crippen LogP contribution in [0.5, 0.6) is 0 Å². The monoisotopic (exact) mass is 392 g/mol. The summed E-state index contributed by atoms with van der Waals surface area (Å²) >= 11 is 8.20. The van der Waals surface area contributed by atoms with Gasteiger partial charge in [-0.2, -0.15) is 0 Å². The van der Waals surface area contributed by atoms with E-state index < -0.39 is 0 Å². The van der Waals surface area contributed by atoms with Gasteiger partial charge in [-0.1, -0.05) is 0 Å². The van der Waals surface area contributed by atoms with Crippen molar-refractivity contribution in [1.29, 1.82) is 0 Å². The van der Waals surface area contributed by atoms with Crippen LogP contribution in [0.4, 0.5) is 0 Å². The van der Waals surface area contributed by atoms with Gasteiger partial charge in [0, 0.05) is 22.5 Å². The molecule has 0 aliphatic carbocycles. The number of imidazole rings is 1. The Morgan fingerprint density at radius 1 is 1.47 bits per heavy atom. The molecule has 19 heavy (non-hydrogen) atoms. The van der Waals surface area contributed by atoms with Gasteiger partial charge in [0.25, 0.3) is 0 Å². The number of rotatable bonds is 6. The number of hydrogen-bond donors (Lipinski definition) is 0. The van der Waals surface area contributed by atoms with Gasteiger partial charge < -0.3 is 9.30 Å². The minimum atomic E-state index is 0.267. The zero-order valence-electron chi connectivity index (χ0n) is 11.2. The molecule has 1 atom stereocenters. The maximum Gasteiger partial charge on any atom is 0.111 e. The number of hydrogen-bond acceptors (Lipinski definition) is 2.